The number of esters is 2. The number of rotatable bonds is 37. The van der Waals surface area contributed by atoms with E-state index in [9.17, 15) is 9.59 Å². The van der Waals surface area contributed by atoms with Crippen LogP contribution < -0.4 is 0 Å². The fourth-order valence-corrected chi connectivity index (χ4v) is 7.98. The second-order valence-electron chi connectivity index (χ2n) is 16.3. The number of nitrogens with zero attached hydrogens (tertiary/aromatic N) is 1. The first kappa shape index (κ1) is 47.9. The van der Waals surface area contributed by atoms with Gasteiger partial charge in [-0.2, -0.15) is 0 Å². The van der Waals surface area contributed by atoms with Crippen molar-refractivity contribution in [3.63, 3.8) is 0 Å². The van der Waals surface area contributed by atoms with Gasteiger partial charge >= 0.3 is 11.9 Å². The lowest BCUT2D eigenvalue weighted by atomic mass is 9.84. The molecular weight excluding hydrogens is 631 g/mol. The second-order valence-corrected chi connectivity index (χ2v) is 16.3. The Bertz CT molecular complexity index is 748. The van der Waals surface area contributed by atoms with Gasteiger partial charge in [-0.15, -0.1) is 0 Å². The minimum Gasteiger partial charge on any atom is -0.462 e. The summed E-state index contributed by atoms with van der Waals surface area (Å²) in [6.07, 6.45) is 40.8. The highest BCUT2D eigenvalue weighted by molar-refractivity contribution is 5.69. The summed E-state index contributed by atoms with van der Waals surface area (Å²) in [5.74, 6) is 0.938. The first-order chi connectivity index (χ1) is 25.0. The number of hydrogen-bond donors (Lipinski definition) is 0. The molecule has 0 amide bonds. The van der Waals surface area contributed by atoms with Crippen LogP contribution in [0.3, 0.4) is 0 Å². The normalized spacial score (nSPS) is 16.3. The molecule has 302 valence electrons. The van der Waals surface area contributed by atoms with Crippen LogP contribution in [-0.2, 0) is 19.1 Å². The molecule has 0 heterocycles. The maximum atomic E-state index is 12.7. The van der Waals surface area contributed by atoms with E-state index >= 15 is 0 Å². The van der Waals surface area contributed by atoms with Crippen LogP contribution in [-0.4, -0.2) is 48.7 Å². The Labute approximate surface area is 318 Å². The molecule has 0 saturated heterocycles. The van der Waals surface area contributed by atoms with Crippen molar-refractivity contribution in [2.75, 3.05) is 19.6 Å². The highest BCUT2D eigenvalue weighted by atomic mass is 16.5. The van der Waals surface area contributed by atoms with Gasteiger partial charge in [0.2, 0.25) is 0 Å². The Hall–Kier alpha value is -1.10. The van der Waals surface area contributed by atoms with Gasteiger partial charge in [0.15, 0.2) is 0 Å². The molecule has 1 rings (SSSR count). The van der Waals surface area contributed by atoms with E-state index < -0.39 is 0 Å². The lowest BCUT2D eigenvalue weighted by Gasteiger charge is -2.28. The van der Waals surface area contributed by atoms with Crippen molar-refractivity contribution >= 4 is 11.9 Å². The predicted molar refractivity (Wildman–Crippen MR) is 219 cm³/mol. The Balaban J connectivity index is 2.05. The summed E-state index contributed by atoms with van der Waals surface area (Å²) in [7, 11) is 0. The molecule has 5 heteroatoms. The number of carbonyl (C=O) groups is 2. The first-order valence-corrected chi connectivity index (χ1v) is 23.1. The Kier molecular flexibility index (Phi) is 33.7. The molecule has 0 aromatic carbocycles. The molecule has 1 saturated carbocycles. The smallest absolute Gasteiger partial charge is 0.306 e. The number of hydrogen-bond acceptors (Lipinski definition) is 5. The minimum atomic E-state index is 0.0350. The van der Waals surface area contributed by atoms with Crippen molar-refractivity contribution in [2.45, 2.75) is 258 Å². The van der Waals surface area contributed by atoms with Gasteiger partial charge in [0.05, 0.1) is 0 Å². The van der Waals surface area contributed by atoms with E-state index in [0.29, 0.717) is 12.8 Å². The van der Waals surface area contributed by atoms with Gasteiger partial charge in [-0.1, -0.05) is 156 Å². The van der Waals surface area contributed by atoms with Gasteiger partial charge in [0.25, 0.3) is 0 Å². The highest BCUT2D eigenvalue weighted by Crippen LogP contribution is 2.30. The molecule has 0 radical (unpaired) electrons. The van der Waals surface area contributed by atoms with Gasteiger partial charge in [0.1, 0.15) is 12.2 Å². The van der Waals surface area contributed by atoms with Crippen LogP contribution in [0.15, 0.2) is 0 Å². The molecule has 51 heavy (non-hydrogen) atoms. The van der Waals surface area contributed by atoms with Crippen molar-refractivity contribution in [3.05, 3.63) is 0 Å². The molecule has 1 aliphatic carbocycles. The van der Waals surface area contributed by atoms with Crippen LogP contribution in [0.2, 0.25) is 0 Å². The third-order valence-corrected chi connectivity index (χ3v) is 11.5. The molecule has 0 bridgehead atoms. The van der Waals surface area contributed by atoms with E-state index in [2.05, 4.69) is 32.6 Å². The molecule has 0 aliphatic heterocycles. The number of ether oxygens (including phenoxy) is 2. The minimum absolute atomic E-state index is 0.0350. The molecule has 1 aliphatic rings. The van der Waals surface area contributed by atoms with Crippen molar-refractivity contribution in [3.8, 4) is 0 Å². The largest absolute Gasteiger partial charge is 0.462 e. The Morgan fingerprint density at radius 1 is 0.510 bits per heavy atom. The fourth-order valence-electron chi connectivity index (χ4n) is 7.98. The van der Waals surface area contributed by atoms with Gasteiger partial charge in [0, 0.05) is 12.8 Å². The Morgan fingerprint density at radius 3 is 1.45 bits per heavy atom. The zero-order valence-electron chi connectivity index (χ0n) is 35.0. The molecule has 0 spiro atoms. The summed E-state index contributed by atoms with van der Waals surface area (Å²) in [4.78, 5) is 27.6. The molecule has 0 aromatic heterocycles. The summed E-state index contributed by atoms with van der Waals surface area (Å²) in [6, 6.07) is 0. The van der Waals surface area contributed by atoms with E-state index in [0.717, 1.165) is 63.8 Å². The summed E-state index contributed by atoms with van der Waals surface area (Å²) >= 11 is 0. The molecule has 0 unspecified atom stereocenters. The van der Waals surface area contributed by atoms with E-state index in [-0.39, 0.29) is 24.1 Å². The van der Waals surface area contributed by atoms with Gasteiger partial charge in [-0.05, 0) is 103 Å². The van der Waals surface area contributed by atoms with E-state index in [1.165, 1.54) is 167 Å². The quantitative estimate of drug-likeness (QED) is 0.0472. The third kappa shape index (κ3) is 30.0. The van der Waals surface area contributed by atoms with Crippen LogP contribution in [0.4, 0.5) is 0 Å². The molecule has 1 fully saturated rings. The monoisotopic (exact) mass is 720 g/mol. The predicted octanol–water partition coefficient (Wildman–Crippen LogP) is 14.1. The average molecular weight is 720 g/mol. The van der Waals surface area contributed by atoms with E-state index in [4.69, 9.17) is 9.47 Å². The first-order valence-electron chi connectivity index (χ1n) is 23.1. The summed E-state index contributed by atoms with van der Waals surface area (Å²) < 4.78 is 11.8. The fraction of sp³-hybridized carbons (Fsp3) is 0.957. The standard InChI is InChI=1S/C46H89NO4/c1-5-9-12-14-18-25-32-43(33-26-19-15-13-10-6-2)50-45(48)34-27-20-16-22-29-40-47(8-4)41-30-23-17-21-28-35-46(49)51-44-38-36-42(37-39-44)31-24-11-7-3/h42-44H,5-41H2,1-4H3. The maximum absolute atomic E-state index is 12.7. The van der Waals surface area contributed by atoms with E-state index in [1.54, 1.807) is 0 Å². The van der Waals surface area contributed by atoms with Crippen LogP contribution in [0.25, 0.3) is 0 Å². The third-order valence-electron chi connectivity index (χ3n) is 11.5. The molecule has 5 nitrogen and oxygen atoms in total. The maximum Gasteiger partial charge on any atom is 0.306 e. The van der Waals surface area contributed by atoms with Crippen molar-refractivity contribution in [1.29, 1.82) is 0 Å². The number of carbonyl (C=O) groups excluding carboxylic acids is 2. The van der Waals surface area contributed by atoms with Gasteiger partial charge in [-0.25, -0.2) is 0 Å². The highest BCUT2D eigenvalue weighted by Gasteiger charge is 2.23. The number of unbranched alkanes of at least 4 members (excludes halogenated alkanes) is 20. The lowest BCUT2D eigenvalue weighted by Crippen LogP contribution is -2.25. The van der Waals surface area contributed by atoms with Crippen LogP contribution >= 0.6 is 0 Å². The lowest BCUT2D eigenvalue weighted by molar-refractivity contribution is -0.151. The zero-order valence-corrected chi connectivity index (χ0v) is 35.0. The van der Waals surface area contributed by atoms with Crippen molar-refractivity contribution < 1.29 is 19.1 Å². The molecule has 0 N–H and O–H groups in total. The summed E-state index contributed by atoms with van der Waals surface area (Å²) in [5, 5.41) is 0. The van der Waals surface area contributed by atoms with Crippen molar-refractivity contribution in [2.24, 2.45) is 5.92 Å². The topological polar surface area (TPSA) is 55.8 Å². The van der Waals surface area contributed by atoms with Gasteiger partial charge in [-0.3, -0.25) is 9.59 Å². The Morgan fingerprint density at radius 2 is 0.941 bits per heavy atom. The SMILES string of the molecule is CCCCCCCCC(CCCCCCCC)OC(=O)CCCCCCCN(CC)CCCCCCCC(=O)OC1CCC(CCCCC)CC1. The molecule has 0 aromatic rings. The average Bonchev–Trinajstić information content (AvgIpc) is 3.13. The summed E-state index contributed by atoms with van der Waals surface area (Å²) in [5.41, 5.74) is 0. The summed E-state index contributed by atoms with van der Waals surface area (Å²) in [6.45, 7) is 12.6. The van der Waals surface area contributed by atoms with E-state index in [1.807, 2.05) is 0 Å². The molecule has 0 atom stereocenters. The van der Waals surface area contributed by atoms with Gasteiger partial charge < -0.3 is 14.4 Å². The van der Waals surface area contributed by atoms with Crippen molar-refractivity contribution in [1.82, 2.24) is 4.90 Å². The van der Waals surface area contributed by atoms with Crippen LogP contribution in [0.5, 0.6) is 0 Å². The van der Waals surface area contributed by atoms with Crippen LogP contribution in [0.1, 0.15) is 246 Å². The second kappa shape index (κ2) is 35.9. The van der Waals surface area contributed by atoms with Crippen LogP contribution in [0, 0.1) is 5.92 Å². The molecular formula is C46H89NO4. The zero-order chi connectivity index (χ0) is 37.0.